The molecule has 0 atom stereocenters. The van der Waals surface area contributed by atoms with Crippen molar-refractivity contribution in [2.24, 2.45) is 0 Å². The Labute approximate surface area is 107 Å². The van der Waals surface area contributed by atoms with Gasteiger partial charge in [-0.15, -0.1) is 11.3 Å². The third-order valence-electron chi connectivity index (χ3n) is 2.72. The number of ether oxygens (including phenoxy) is 1. The summed E-state index contributed by atoms with van der Waals surface area (Å²) in [6.45, 7) is 0. The number of esters is 1. The van der Waals surface area contributed by atoms with E-state index in [1.165, 1.54) is 7.11 Å². The Hall–Kier alpha value is -2.14. The first-order valence-corrected chi connectivity index (χ1v) is 6.27. The molecular formula is C13H10N2O2S. The molecule has 0 unspecified atom stereocenters. The zero-order valence-electron chi connectivity index (χ0n) is 9.66. The maximum Gasteiger partial charge on any atom is 0.340 e. The van der Waals surface area contributed by atoms with Gasteiger partial charge < -0.3 is 4.74 Å². The number of rotatable bonds is 2. The van der Waals surface area contributed by atoms with Crippen LogP contribution in [0.3, 0.4) is 0 Å². The summed E-state index contributed by atoms with van der Waals surface area (Å²) in [5.74, 6) is 0.490. The van der Waals surface area contributed by atoms with Gasteiger partial charge in [0, 0.05) is 6.20 Å². The van der Waals surface area contributed by atoms with Crippen molar-refractivity contribution in [1.82, 2.24) is 9.38 Å². The second-order valence-electron chi connectivity index (χ2n) is 3.73. The molecule has 0 aliphatic carbocycles. The predicted octanol–water partition coefficient (Wildman–Crippen LogP) is 2.85. The molecule has 0 aliphatic heterocycles. The van der Waals surface area contributed by atoms with Crippen LogP contribution < -0.4 is 0 Å². The standard InChI is InChI=1S/C13H10N2O2S/c1-17-13(16)9-4-2-6-15-10(9)8-14-12(15)11-5-3-7-18-11/h2-8H,1H3. The fraction of sp³-hybridized carbons (Fsp3) is 0.0769. The zero-order chi connectivity index (χ0) is 12.5. The van der Waals surface area contributed by atoms with Crippen LogP contribution in [0.4, 0.5) is 0 Å². The minimum absolute atomic E-state index is 0.349. The molecule has 3 heterocycles. The zero-order valence-corrected chi connectivity index (χ0v) is 10.5. The molecule has 0 aromatic carbocycles. The molecule has 0 saturated heterocycles. The summed E-state index contributed by atoms with van der Waals surface area (Å²) < 4.78 is 6.67. The molecule has 18 heavy (non-hydrogen) atoms. The Morgan fingerprint density at radius 3 is 3.00 bits per heavy atom. The van der Waals surface area contributed by atoms with Gasteiger partial charge in [0.1, 0.15) is 0 Å². The van der Waals surface area contributed by atoms with Gasteiger partial charge in [-0.05, 0) is 23.6 Å². The van der Waals surface area contributed by atoms with Gasteiger partial charge in [0.25, 0.3) is 0 Å². The number of methoxy groups -OCH3 is 1. The van der Waals surface area contributed by atoms with E-state index in [4.69, 9.17) is 4.74 Å². The van der Waals surface area contributed by atoms with Crippen LogP contribution in [0.2, 0.25) is 0 Å². The molecule has 0 radical (unpaired) electrons. The van der Waals surface area contributed by atoms with Crippen LogP contribution in [0.25, 0.3) is 16.2 Å². The van der Waals surface area contributed by atoms with Crippen LogP contribution >= 0.6 is 11.3 Å². The number of hydrogen-bond donors (Lipinski definition) is 0. The van der Waals surface area contributed by atoms with Crippen LogP contribution in [-0.4, -0.2) is 22.5 Å². The van der Waals surface area contributed by atoms with Crippen LogP contribution in [0, 0.1) is 0 Å². The number of nitrogens with zero attached hydrogens (tertiary/aromatic N) is 2. The normalized spacial score (nSPS) is 10.7. The highest BCUT2D eigenvalue weighted by Crippen LogP contribution is 2.25. The van der Waals surface area contributed by atoms with Crippen LogP contribution in [-0.2, 0) is 4.74 Å². The summed E-state index contributed by atoms with van der Waals surface area (Å²) in [5, 5.41) is 2.00. The SMILES string of the molecule is COC(=O)c1cccn2c(-c3cccs3)ncc12. The van der Waals surface area contributed by atoms with Crippen molar-refractivity contribution in [3.05, 3.63) is 47.6 Å². The first-order chi connectivity index (χ1) is 8.81. The van der Waals surface area contributed by atoms with E-state index in [0.717, 1.165) is 16.2 Å². The fourth-order valence-corrected chi connectivity index (χ4v) is 2.61. The van der Waals surface area contributed by atoms with Crippen LogP contribution in [0.1, 0.15) is 10.4 Å². The molecular weight excluding hydrogens is 248 g/mol. The van der Waals surface area contributed by atoms with Crippen LogP contribution in [0.15, 0.2) is 42.0 Å². The summed E-state index contributed by atoms with van der Waals surface area (Å²) in [5.41, 5.74) is 1.28. The van der Waals surface area contributed by atoms with Gasteiger partial charge in [-0.1, -0.05) is 6.07 Å². The fourth-order valence-electron chi connectivity index (χ4n) is 1.89. The number of aromatic nitrogens is 2. The Balaban J connectivity index is 2.24. The Bertz CT molecular complexity index is 701. The smallest absolute Gasteiger partial charge is 0.340 e. The quantitative estimate of drug-likeness (QED) is 0.664. The Morgan fingerprint density at radius 2 is 2.28 bits per heavy atom. The van der Waals surface area contributed by atoms with Gasteiger partial charge in [-0.25, -0.2) is 9.78 Å². The van der Waals surface area contributed by atoms with E-state index in [2.05, 4.69) is 4.98 Å². The van der Waals surface area contributed by atoms with Gasteiger partial charge in [-0.3, -0.25) is 4.40 Å². The van der Waals surface area contributed by atoms with Crippen molar-refractivity contribution in [1.29, 1.82) is 0 Å². The lowest BCUT2D eigenvalue weighted by Crippen LogP contribution is -2.03. The van der Waals surface area contributed by atoms with Crippen molar-refractivity contribution >= 4 is 22.8 Å². The van der Waals surface area contributed by atoms with E-state index < -0.39 is 0 Å². The Morgan fingerprint density at radius 1 is 1.39 bits per heavy atom. The lowest BCUT2D eigenvalue weighted by molar-refractivity contribution is 0.0602. The summed E-state index contributed by atoms with van der Waals surface area (Å²) in [4.78, 5) is 17.1. The third-order valence-corrected chi connectivity index (χ3v) is 3.58. The highest BCUT2D eigenvalue weighted by Gasteiger charge is 2.14. The topological polar surface area (TPSA) is 43.6 Å². The van der Waals surface area contributed by atoms with Gasteiger partial charge in [0.05, 0.1) is 29.3 Å². The molecule has 0 bridgehead atoms. The average molecular weight is 258 g/mol. The maximum atomic E-state index is 11.7. The van der Waals surface area contributed by atoms with Crippen molar-refractivity contribution < 1.29 is 9.53 Å². The summed E-state index contributed by atoms with van der Waals surface area (Å²) in [6, 6.07) is 7.54. The van der Waals surface area contributed by atoms with Crippen molar-refractivity contribution in [2.75, 3.05) is 7.11 Å². The molecule has 3 aromatic heterocycles. The minimum Gasteiger partial charge on any atom is -0.465 e. The monoisotopic (exact) mass is 258 g/mol. The van der Waals surface area contributed by atoms with E-state index in [1.807, 2.05) is 34.2 Å². The second kappa shape index (κ2) is 4.27. The minimum atomic E-state index is -0.349. The number of fused-ring (bicyclic) bond motifs is 1. The predicted molar refractivity (Wildman–Crippen MR) is 69.8 cm³/mol. The van der Waals surface area contributed by atoms with Gasteiger partial charge in [0.2, 0.25) is 0 Å². The average Bonchev–Trinajstić information content (AvgIpc) is 3.05. The molecule has 0 saturated carbocycles. The molecule has 4 nitrogen and oxygen atoms in total. The number of carbonyl (C=O) groups is 1. The largest absolute Gasteiger partial charge is 0.465 e. The number of imidazole rings is 1. The molecule has 0 aliphatic rings. The Kier molecular flexibility index (Phi) is 2.60. The molecule has 5 heteroatoms. The first kappa shape index (κ1) is 11.0. The number of thiophene rings is 1. The summed E-state index contributed by atoms with van der Waals surface area (Å²) in [7, 11) is 1.38. The number of carbonyl (C=O) groups excluding carboxylic acids is 1. The van der Waals surface area contributed by atoms with Crippen molar-refractivity contribution in [3.8, 4) is 10.7 Å². The molecule has 0 fully saturated rings. The van der Waals surface area contributed by atoms with Crippen molar-refractivity contribution in [3.63, 3.8) is 0 Å². The summed E-state index contributed by atoms with van der Waals surface area (Å²) in [6.07, 6.45) is 3.59. The molecule has 0 spiro atoms. The number of pyridine rings is 1. The van der Waals surface area contributed by atoms with E-state index in [-0.39, 0.29) is 5.97 Å². The molecule has 0 N–H and O–H groups in total. The molecule has 3 rings (SSSR count). The number of hydrogen-bond acceptors (Lipinski definition) is 4. The summed E-state index contributed by atoms with van der Waals surface area (Å²) >= 11 is 1.62. The van der Waals surface area contributed by atoms with Gasteiger partial charge >= 0.3 is 5.97 Å². The first-order valence-electron chi connectivity index (χ1n) is 5.39. The molecule has 90 valence electrons. The van der Waals surface area contributed by atoms with Gasteiger partial charge in [-0.2, -0.15) is 0 Å². The lowest BCUT2D eigenvalue weighted by Gasteiger charge is -2.03. The highest BCUT2D eigenvalue weighted by atomic mass is 32.1. The molecule has 0 amide bonds. The highest BCUT2D eigenvalue weighted by molar-refractivity contribution is 7.13. The van der Waals surface area contributed by atoms with Crippen LogP contribution in [0.5, 0.6) is 0 Å². The maximum absolute atomic E-state index is 11.7. The molecule has 3 aromatic rings. The van der Waals surface area contributed by atoms with E-state index >= 15 is 0 Å². The second-order valence-corrected chi connectivity index (χ2v) is 4.68. The van der Waals surface area contributed by atoms with Crippen molar-refractivity contribution in [2.45, 2.75) is 0 Å². The van der Waals surface area contributed by atoms with E-state index in [0.29, 0.717) is 5.56 Å². The van der Waals surface area contributed by atoms with Gasteiger partial charge in [0.15, 0.2) is 5.82 Å². The third kappa shape index (κ3) is 1.60. The van der Waals surface area contributed by atoms with E-state index in [1.54, 1.807) is 23.6 Å². The lowest BCUT2D eigenvalue weighted by atomic mass is 10.2. The van der Waals surface area contributed by atoms with E-state index in [9.17, 15) is 4.79 Å².